The number of benzene rings is 3. The number of nitrogens with one attached hydrogen (secondary N) is 1. The van der Waals surface area contributed by atoms with Crippen molar-refractivity contribution in [3.05, 3.63) is 101 Å². The first-order chi connectivity index (χ1) is 14.1. The van der Waals surface area contributed by atoms with E-state index in [0.717, 1.165) is 29.7 Å². The smallest absolute Gasteiger partial charge is 0.258 e. The number of nitrogens with zero attached hydrogens (tertiary/aromatic N) is 1. The maximum absolute atomic E-state index is 13.1. The normalized spacial score (nSPS) is 12.9. The largest absolute Gasteiger partial charge is 0.348 e. The molecule has 0 saturated carbocycles. The third-order valence-electron chi connectivity index (χ3n) is 5.26. The Hall–Kier alpha value is -3.40. The van der Waals surface area contributed by atoms with Gasteiger partial charge in [-0.3, -0.25) is 9.59 Å². The molecule has 29 heavy (non-hydrogen) atoms. The van der Waals surface area contributed by atoms with Crippen molar-refractivity contribution in [3.8, 4) is 0 Å². The summed E-state index contributed by atoms with van der Waals surface area (Å²) < 4.78 is 0. The molecular weight excluding hydrogens is 360 g/mol. The van der Waals surface area contributed by atoms with Crippen molar-refractivity contribution < 1.29 is 9.59 Å². The summed E-state index contributed by atoms with van der Waals surface area (Å²) >= 11 is 0. The lowest BCUT2D eigenvalue weighted by Crippen LogP contribution is -2.35. The molecule has 4 nitrogen and oxygen atoms in total. The van der Waals surface area contributed by atoms with Gasteiger partial charge in [0.05, 0.1) is 0 Å². The van der Waals surface area contributed by atoms with Gasteiger partial charge in [-0.1, -0.05) is 54.1 Å². The van der Waals surface area contributed by atoms with Crippen molar-refractivity contribution in [2.45, 2.75) is 26.3 Å². The molecule has 146 valence electrons. The number of carbonyl (C=O) groups excluding carboxylic acids is 2. The third kappa shape index (κ3) is 4.21. The van der Waals surface area contributed by atoms with Gasteiger partial charge in [0.25, 0.3) is 11.8 Å². The molecule has 0 spiro atoms. The summed E-state index contributed by atoms with van der Waals surface area (Å²) in [5.74, 6) is -0.245. The van der Waals surface area contributed by atoms with E-state index in [9.17, 15) is 9.59 Å². The molecule has 4 rings (SSSR count). The Morgan fingerprint density at radius 2 is 1.72 bits per heavy atom. The number of para-hydroxylation sites is 1. The molecule has 1 aliphatic rings. The molecule has 4 heteroatoms. The molecule has 3 aromatic rings. The Morgan fingerprint density at radius 1 is 0.931 bits per heavy atom. The maximum atomic E-state index is 13.1. The van der Waals surface area contributed by atoms with E-state index in [1.165, 1.54) is 5.56 Å². The van der Waals surface area contributed by atoms with E-state index in [1.807, 2.05) is 54.3 Å². The molecule has 2 amide bonds. The van der Waals surface area contributed by atoms with E-state index in [1.54, 1.807) is 24.3 Å². The maximum Gasteiger partial charge on any atom is 0.258 e. The fraction of sp³-hybridized carbons (Fsp3) is 0.200. The highest BCUT2D eigenvalue weighted by Crippen LogP contribution is 2.28. The molecule has 1 N–H and O–H groups in total. The van der Waals surface area contributed by atoms with Crippen LogP contribution in [-0.2, 0) is 13.0 Å². The number of amides is 2. The average Bonchev–Trinajstić information content (AvgIpc) is 2.76. The zero-order valence-corrected chi connectivity index (χ0v) is 16.5. The zero-order valence-electron chi connectivity index (χ0n) is 16.5. The number of fused-ring (bicyclic) bond motifs is 1. The van der Waals surface area contributed by atoms with Crippen LogP contribution >= 0.6 is 0 Å². The van der Waals surface area contributed by atoms with Crippen LogP contribution in [0, 0.1) is 6.92 Å². The third-order valence-corrected chi connectivity index (χ3v) is 5.26. The summed E-state index contributed by atoms with van der Waals surface area (Å²) in [5.41, 5.74) is 5.40. The van der Waals surface area contributed by atoms with E-state index in [4.69, 9.17) is 0 Å². The number of hydrogen-bond donors (Lipinski definition) is 1. The first kappa shape index (κ1) is 18.9. The summed E-state index contributed by atoms with van der Waals surface area (Å²) in [6.07, 6.45) is 1.93. The van der Waals surface area contributed by atoms with E-state index < -0.39 is 0 Å². The monoisotopic (exact) mass is 384 g/mol. The Morgan fingerprint density at radius 3 is 2.59 bits per heavy atom. The molecule has 0 bridgehead atoms. The van der Waals surface area contributed by atoms with Crippen LogP contribution in [0.5, 0.6) is 0 Å². The second-order valence-corrected chi connectivity index (χ2v) is 7.44. The van der Waals surface area contributed by atoms with Gasteiger partial charge < -0.3 is 10.2 Å². The van der Waals surface area contributed by atoms with Gasteiger partial charge in [-0.05, 0) is 55.2 Å². The van der Waals surface area contributed by atoms with Crippen molar-refractivity contribution in [2.75, 3.05) is 11.4 Å². The van der Waals surface area contributed by atoms with Crippen molar-refractivity contribution in [1.29, 1.82) is 0 Å². The van der Waals surface area contributed by atoms with E-state index in [-0.39, 0.29) is 11.8 Å². The highest BCUT2D eigenvalue weighted by molar-refractivity contribution is 6.08. The van der Waals surface area contributed by atoms with Crippen molar-refractivity contribution >= 4 is 17.5 Å². The van der Waals surface area contributed by atoms with Crippen LogP contribution in [-0.4, -0.2) is 18.4 Å². The first-order valence-corrected chi connectivity index (χ1v) is 9.95. The van der Waals surface area contributed by atoms with E-state index >= 15 is 0 Å². The molecule has 1 heterocycles. The highest BCUT2D eigenvalue weighted by Gasteiger charge is 2.23. The van der Waals surface area contributed by atoms with Crippen LogP contribution in [0.1, 0.15) is 43.8 Å². The predicted octanol–water partition coefficient (Wildman–Crippen LogP) is 4.52. The molecule has 0 atom stereocenters. The molecule has 0 fully saturated rings. The molecule has 0 saturated heterocycles. The SMILES string of the molecule is Cc1cccc(CNC(=O)c2cccc(C(=O)N3CCCc4ccccc43)c2)c1. The molecular formula is C25H24N2O2. The molecule has 3 aromatic carbocycles. The standard InChI is InChI=1S/C25H24N2O2/c1-18-7-4-8-19(15-18)17-26-24(28)21-10-5-11-22(16-21)25(29)27-14-6-12-20-9-2-3-13-23(20)27/h2-5,7-11,13,15-16H,6,12,14,17H2,1H3,(H,26,28). The van der Waals surface area contributed by atoms with Crippen LogP contribution in [0.2, 0.25) is 0 Å². The number of carbonyl (C=O) groups is 2. The Bertz CT molecular complexity index is 1060. The van der Waals surface area contributed by atoms with Gasteiger partial charge in [-0.15, -0.1) is 0 Å². The summed E-state index contributed by atoms with van der Waals surface area (Å²) in [6, 6.07) is 23.0. The minimum absolute atomic E-state index is 0.0644. The highest BCUT2D eigenvalue weighted by atomic mass is 16.2. The van der Waals surface area contributed by atoms with Gasteiger partial charge in [-0.25, -0.2) is 0 Å². The second kappa shape index (κ2) is 8.31. The predicted molar refractivity (Wildman–Crippen MR) is 115 cm³/mol. The molecule has 1 aliphatic heterocycles. The van der Waals surface area contributed by atoms with Gasteiger partial charge >= 0.3 is 0 Å². The molecule has 0 aromatic heterocycles. The van der Waals surface area contributed by atoms with Crippen molar-refractivity contribution in [3.63, 3.8) is 0 Å². The Labute approximate surface area is 171 Å². The second-order valence-electron chi connectivity index (χ2n) is 7.44. The van der Waals surface area contributed by atoms with Crippen molar-refractivity contribution in [2.24, 2.45) is 0 Å². The van der Waals surface area contributed by atoms with E-state index in [2.05, 4.69) is 11.4 Å². The van der Waals surface area contributed by atoms with Crippen LogP contribution in [0.25, 0.3) is 0 Å². The Kier molecular flexibility index (Phi) is 5.43. The topological polar surface area (TPSA) is 49.4 Å². The minimum atomic E-state index is -0.180. The van der Waals surface area contributed by atoms with Crippen LogP contribution in [0.4, 0.5) is 5.69 Å². The van der Waals surface area contributed by atoms with Gasteiger partial charge in [0, 0.05) is 29.9 Å². The van der Waals surface area contributed by atoms with Crippen LogP contribution < -0.4 is 10.2 Å². The van der Waals surface area contributed by atoms with Gasteiger partial charge in [0.1, 0.15) is 0 Å². The first-order valence-electron chi connectivity index (χ1n) is 9.95. The van der Waals surface area contributed by atoms with Crippen LogP contribution in [0.3, 0.4) is 0 Å². The fourth-order valence-electron chi connectivity index (χ4n) is 3.80. The molecule has 0 radical (unpaired) electrons. The quantitative estimate of drug-likeness (QED) is 0.719. The van der Waals surface area contributed by atoms with Crippen molar-refractivity contribution in [1.82, 2.24) is 5.32 Å². The van der Waals surface area contributed by atoms with Gasteiger partial charge in [0.2, 0.25) is 0 Å². The lowest BCUT2D eigenvalue weighted by molar-refractivity contribution is 0.0951. The number of rotatable bonds is 4. The van der Waals surface area contributed by atoms with E-state index in [0.29, 0.717) is 24.2 Å². The van der Waals surface area contributed by atoms with Gasteiger partial charge in [0.15, 0.2) is 0 Å². The summed E-state index contributed by atoms with van der Waals surface area (Å²) in [4.78, 5) is 27.6. The average molecular weight is 384 g/mol. The van der Waals surface area contributed by atoms with Crippen LogP contribution in [0.15, 0.2) is 72.8 Å². The number of anilines is 1. The number of aryl methyl sites for hydroxylation is 2. The minimum Gasteiger partial charge on any atom is -0.348 e. The molecule has 0 unspecified atom stereocenters. The summed E-state index contributed by atoms with van der Waals surface area (Å²) in [7, 11) is 0. The fourth-order valence-corrected chi connectivity index (χ4v) is 3.80. The zero-order chi connectivity index (χ0) is 20.2. The summed E-state index contributed by atoms with van der Waals surface area (Å²) in [6.45, 7) is 3.18. The number of hydrogen-bond acceptors (Lipinski definition) is 2. The Balaban J connectivity index is 1.50. The van der Waals surface area contributed by atoms with Gasteiger partial charge in [-0.2, -0.15) is 0 Å². The molecule has 0 aliphatic carbocycles. The lowest BCUT2D eigenvalue weighted by atomic mass is 10.0. The summed E-state index contributed by atoms with van der Waals surface area (Å²) in [5, 5.41) is 2.94. The lowest BCUT2D eigenvalue weighted by Gasteiger charge is -2.29.